The average molecular weight is 508 g/mol. The summed E-state index contributed by atoms with van der Waals surface area (Å²) < 4.78 is 0. The van der Waals surface area contributed by atoms with E-state index >= 15 is 0 Å². The van der Waals surface area contributed by atoms with Gasteiger partial charge in [0.2, 0.25) is 0 Å². The topological polar surface area (TPSA) is 40.5 Å². The van der Waals surface area contributed by atoms with E-state index in [1.165, 1.54) is 141 Å². The van der Waals surface area contributed by atoms with Gasteiger partial charge < -0.3 is 10.0 Å². The molecule has 0 aromatic heterocycles. The van der Waals surface area contributed by atoms with E-state index in [1.54, 1.807) is 0 Å². The molecule has 0 aromatic carbocycles. The normalized spacial score (nSPS) is 13.6. The first kappa shape index (κ1) is 35.2. The maximum atomic E-state index is 10.8. The Hall–Kier alpha value is -0.830. The molecule has 3 nitrogen and oxygen atoms in total. The van der Waals surface area contributed by atoms with Gasteiger partial charge in [-0.3, -0.25) is 4.79 Å². The van der Waals surface area contributed by atoms with Crippen molar-refractivity contribution in [2.75, 3.05) is 20.6 Å². The Labute approximate surface area is 226 Å². The molecule has 2 atom stereocenters. The van der Waals surface area contributed by atoms with Gasteiger partial charge in [-0.05, 0) is 65.1 Å². The molecule has 0 amide bonds. The van der Waals surface area contributed by atoms with Crippen molar-refractivity contribution < 1.29 is 9.90 Å². The van der Waals surface area contributed by atoms with E-state index in [4.69, 9.17) is 5.11 Å². The summed E-state index contributed by atoms with van der Waals surface area (Å²) in [5.41, 5.74) is 0. The first-order valence-corrected chi connectivity index (χ1v) is 16.0. The number of carboxylic acid groups (broad SMARTS) is 1. The Kier molecular flexibility index (Phi) is 26.6. The second-order valence-electron chi connectivity index (χ2n) is 11.8. The molecule has 0 bridgehead atoms. The largest absolute Gasteiger partial charge is 0.481 e. The van der Waals surface area contributed by atoms with Crippen LogP contribution < -0.4 is 0 Å². The lowest BCUT2D eigenvalue weighted by Gasteiger charge is -2.19. The molecule has 0 aliphatic heterocycles. The van der Waals surface area contributed by atoms with Gasteiger partial charge in [0, 0.05) is 0 Å². The minimum atomic E-state index is -0.653. The maximum absolute atomic E-state index is 10.8. The van der Waals surface area contributed by atoms with Crippen molar-refractivity contribution >= 4 is 5.97 Å². The van der Waals surface area contributed by atoms with Gasteiger partial charge in [0.1, 0.15) is 0 Å². The van der Waals surface area contributed by atoms with Crippen molar-refractivity contribution in [3.63, 3.8) is 0 Å². The first-order valence-electron chi connectivity index (χ1n) is 16.0. The van der Waals surface area contributed by atoms with Gasteiger partial charge in [0.25, 0.3) is 0 Å². The van der Waals surface area contributed by atoms with Crippen molar-refractivity contribution in [3.8, 4) is 0 Å². The molecule has 36 heavy (non-hydrogen) atoms. The Bertz CT molecular complexity index is 488. The molecule has 0 fully saturated rings. The number of allylic oxidation sites excluding steroid dienone is 2. The number of carboxylic acids is 1. The molecular weight excluding hydrogens is 442 g/mol. The van der Waals surface area contributed by atoms with Gasteiger partial charge in [-0.15, -0.1) is 0 Å². The fourth-order valence-electron chi connectivity index (χ4n) is 5.09. The predicted octanol–water partition coefficient (Wildman–Crippen LogP) is 10.4. The lowest BCUT2D eigenvalue weighted by atomic mass is 9.91. The summed E-state index contributed by atoms with van der Waals surface area (Å²) in [5.74, 6) is 0.108. The highest BCUT2D eigenvalue weighted by Crippen LogP contribution is 2.22. The van der Waals surface area contributed by atoms with Gasteiger partial charge in [-0.2, -0.15) is 0 Å². The molecule has 0 aliphatic rings. The Balaban J connectivity index is 3.61. The molecule has 0 saturated carbocycles. The van der Waals surface area contributed by atoms with Crippen molar-refractivity contribution in [1.29, 1.82) is 0 Å². The third kappa shape index (κ3) is 26.2. The monoisotopic (exact) mass is 508 g/mol. The summed E-state index contributed by atoms with van der Waals surface area (Å²) in [5, 5.41) is 8.90. The number of carbonyl (C=O) groups is 1. The number of nitrogens with zero attached hydrogens (tertiary/aromatic N) is 1. The molecule has 0 spiro atoms. The van der Waals surface area contributed by atoms with Gasteiger partial charge in [-0.1, -0.05) is 135 Å². The van der Waals surface area contributed by atoms with Crippen LogP contribution in [0.1, 0.15) is 162 Å². The van der Waals surface area contributed by atoms with E-state index in [0.29, 0.717) is 0 Å². The number of rotatable bonds is 28. The number of unbranched alkanes of at least 4 members (excludes halogenated alkanes) is 16. The zero-order valence-electron chi connectivity index (χ0n) is 25.1. The Morgan fingerprint density at radius 1 is 0.639 bits per heavy atom. The van der Waals surface area contributed by atoms with Crippen LogP contribution in [0.5, 0.6) is 0 Å². The minimum Gasteiger partial charge on any atom is -0.481 e. The second kappa shape index (κ2) is 27.2. The lowest BCUT2D eigenvalue weighted by Crippen LogP contribution is -2.17. The van der Waals surface area contributed by atoms with Gasteiger partial charge in [0.15, 0.2) is 0 Å². The summed E-state index contributed by atoms with van der Waals surface area (Å²) >= 11 is 0. The molecule has 0 aliphatic carbocycles. The van der Waals surface area contributed by atoms with E-state index in [9.17, 15) is 4.79 Å². The highest BCUT2D eigenvalue weighted by Gasteiger charge is 2.10. The van der Waals surface area contributed by atoms with Crippen LogP contribution in [0.15, 0.2) is 12.2 Å². The third-order valence-corrected chi connectivity index (χ3v) is 7.78. The van der Waals surface area contributed by atoms with E-state index < -0.39 is 5.97 Å². The van der Waals surface area contributed by atoms with Crippen LogP contribution in [-0.2, 0) is 4.79 Å². The quantitative estimate of drug-likeness (QED) is 0.0845. The summed E-state index contributed by atoms with van der Waals surface area (Å²) in [6.07, 6.45) is 35.4. The van der Waals surface area contributed by atoms with Crippen molar-refractivity contribution in [3.05, 3.63) is 12.2 Å². The zero-order valence-corrected chi connectivity index (χ0v) is 25.1. The van der Waals surface area contributed by atoms with Crippen LogP contribution in [0.2, 0.25) is 0 Å². The summed E-state index contributed by atoms with van der Waals surface area (Å²) in [7, 11) is 4.43. The van der Waals surface area contributed by atoms with E-state index in [1.807, 2.05) is 6.92 Å². The van der Waals surface area contributed by atoms with Crippen LogP contribution >= 0.6 is 0 Å². The molecule has 0 aromatic rings. The zero-order chi connectivity index (χ0) is 26.7. The van der Waals surface area contributed by atoms with Crippen LogP contribution in [0, 0.1) is 11.8 Å². The van der Waals surface area contributed by atoms with Crippen LogP contribution in [0.4, 0.5) is 0 Å². The number of hydrogen-bond acceptors (Lipinski definition) is 2. The number of hydrogen-bond donors (Lipinski definition) is 1. The minimum absolute atomic E-state index is 0.181. The smallest absolute Gasteiger partial charge is 0.306 e. The van der Waals surface area contributed by atoms with Crippen molar-refractivity contribution in [1.82, 2.24) is 4.90 Å². The molecule has 214 valence electrons. The van der Waals surface area contributed by atoms with E-state index in [0.717, 1.165) is 18.8 Å². The third-order valence-electron chi connectivity index (χ3n) is 7.78. The molecule has 3 heteroatoms. The van der Waals surface area contributed by atoms with Crippen molar-refractivity contribution in [2.45, 2.75) is 162 Å². The molecule has 2 unspecified atom stereocenters. The van der Waals surface area contributed by atoms with Gasteiger partial charge >= 0.3 is 5.97 Å². The van der Waals surface area contributed by atoms with Crippen LogP contribution in [0.25, 0.3) is 0 Å². The Morgan fingerprint density at radius 3 is 1.50 bits per heavy atom. The second-order valence-corrected chi connectivity index (χ2v) is 11.8. The molecule has 0 saturated heterocycles. The predicted molar refractivity (Wildman–Crippen MR) is 160 cm³/mol. The SMILES string of the molecule is CCCCCCCCCC(CCCCCC/C=C\CCCCCCCCC(C)C(=O)O)CCN(C)C. The lowest BCUT2D eigenvalue weighted by molar-refractivity contribution is -0.141. The van der Waals surface area contributed by atoms with Crippen molar-refractivity contribution in [2.24, 2.45) is 11.8 Å². The molecule has 0 heterocycles. The molecular formula is C33H65NO2. The summed E-state index contributed by atoms with van der Waals surface area (Å²) in [6, 6.07) is 0. The molecule has 0 radical (unpaired) electrons. The van der Waals surface area contributed by atoms with E-state index in [2.05, 4.69) is 38.1 Å². The summed E-state index contributed by atoms with van der Waals surface area (Å²) in [4.78, 5) is 13.2. The maximum Gasteiger partial charge on any atom is 0.306 e. The van der Waals surface area contributed by atoms with E-state index in [-0.39, 0.29) is 5.92 Å². The standard InChI is InChI=1S/C33H65NO2/c1-5-6-7-8-17-21-24-27-32(29-30-34(3)4)28-25-22-19-16-14-12-10-9-11-13-15-18-20-23-26-31(2)33(35)36/h10,12,31-32H,5-9,11,13-30H2,1-4H3,(H,35,36)/b12-10-. The summed E-state index contributed by atoms with van der Waals surface area (Å²) in [6.45, 7) is 5.36. The fraction of sp³-hybridized carbons (Fsp3) is 0.909. The Morgan fingerprint density at radius 2 is 1.06 bits per heavy atom. The van der Waals surface area contributed by atoms with Gasteiger partial charge in [-0.25, -0.2) is 0 Å². The average Bonchev–Trinajstić information content (AvgIpc) is 2.85. The molecule has 1 N–H and O–H groups in total. The van der Waals surface area contributed by atoms with Crippen LogP contribution in [0.3, 0.4) is 0 Å². The fourth-order valence-corrected chi connectivity index (χ4v) is 5.09. The van der Waals surface area contributed by atoms with Crippen LogP contribution in [-0.4, -0.2) is 36.6 Å². The molecule has 0 rings (SSSR count). The first-order chi connectivity index (χ1) is 17.5. The van der Waals surface area contributed by atoms with Gasteiger partial charge in [0.05, 0.1) is 5.92 Å². The highest BCUT2D eigenvalue weighted by atomic mass is 16.4. The number of aliphatic carboxylic acids is 1. The highest BCUT2D eigenvalue weighted by molar-refractivity contribution is 5.69.